The van der Waals surface area contributed by atoms with Gasteiger partial charge in [0, 0.05) is 11.1 Å². The molecule has 1 N–H and O–H groups in total. The third kappa shape index (κ3) is 2.91. The highest BCUT2D eigenvalue weighted by Crippen LogP contribution is 2.32. The second kappa shape index (κ2) is 5.92. The zero-order valence-electron chi connectivity index (χ0n) is 10.1. The Morgan fingerprint density at radius 2 is 1.55 bits per heavy atom. The summed E-state index contributed by atoms with van der Waals surface area (Å²) < 4.78 is 55.5. The molecule has 0 aliphatic carbocycles. The molecule has 20 heavy (non-hydrogen) atoms. The fourth-order valence-corrected chi connectivity index (χ4v) is 1.81. The van der Waals surface area contributed by atoms with Crippen molar-refractivity contribution in [3.63, 3.8) is 0 Å². The summed E-state index contributed by atoms with van der Waals surface area (Å²) in [6, 6.07) is 8.68. The first-order valence-electron chi connectivity index (χ1n) is 5.66. The van der Waals surface area contributed by atoms with Gasteiger partial charge < -0.3 is 9.84 Å². The first kappa shape index (κ1) is 14.3. The number of hydrogen-bond donors (Lipinski definition) is 1. The van der Waals surface area contributed by atoms with E-state index in [2.05, 4.69) is 4.74 Å². The second-order valence-corrected chi connectivity index (χ2v) is 3.96. The van der Waals surface area contributed by atoms with Crippen molar-refractivity contribution in [3.05, 3.63) is 65.2 Å². The van der Waals surface area contributed by atoms with Gasteiger partial charge in [0.25, 0.3) is 0 Å². The van der Waals surface area contributed by atoms with E-state index in [-0.39, 0.29) is 16.9 Å². The third-order valence-electron chi connectivity index (χ3n) is 2.71. The molecule has 106 valence electrons. The van der Waals surface area contributed by atoms with E-state index in [1.54, 1.807) is 0 Å². The van der Waals surface area contributed by atoms with Gasteiger partial charge in [0.05, 0.1) is 0 Å². The molecule has 0 saturated heterocycles. The Kier molecular flexibility index (Phi) is 4.24. The minimum absolute atomic E-state index is 0.0719. The van der Waals surface area contributed by atoms with Crippen LogP contribution >= 0.6 is 0 Å². The lowest BCUT2D eigenvalue weighted by Crippen LogP contribution is -2.09. The fourth-order valence-electron chi connectivity index (χ4n) is 1.81. The molecule has 1 atom stereocenters. The van der Waals surface area contributed by atoms with Gasteiger partial charge in [-0.1, -0.05) is 30.3 Å². The standard InChI is InChI=1S/C14H10F4O2/c15-10-6-3-5-9(12(10)16)13(19)8-4-1-2-7-11(8)20-14(17)18/h1-7,13-14,19H. The van der Waals surface area contributed by atoms with Crippen molar-refractivity contribution in [1.82, 2.24) is 0 Å². The first-order valence-corrected chi connectivity index (χ1v) is 5.66. The largest absolute Gasteiger partial charge is 0.434 e. The monoisotopic (exact) mass is 286 g/mol. The summed E-state index contributed by atoms with van der Waals surface area (Å²) in [6.07, 6.45) is -1.61. The van der Waals surface area contributed by atoms with Crippen LogP contribution in [-0.4, -0.2) is 11.7 Å². The van der Waals surface area contributed by atoms with Crippen molar-refractivity contribution < 1.29 is 27.4 Å². The van der Waals surface area contributed by atoms with E-state index in [9.17, 15) is 22.7 Å². The van der Waals surface area contributed by atoms with Crippen LogP contribution in [0.25, 0.3) is 0 Å². The summed E-state index contributed by atoms with van der Waals surface area (Å²) in [5.41, 5.74) is -0.424. The zero-order chi connectivity index (χ0) is 14.7. The summed E-state index contributed by atoms with van der Waals surface area (Å²) in [6.45, 7) is -3.08. The highest BCUT2D eigenvalue weighted by atomic mass is 19.3. The molecule has 0 amide bonds. The van der Waals surface area contributed by atoms with Crippen LogP contribution in [0.15, 0.2) is 42.5 Å². The fraction of sp³-hybridized carbons (Fsp3) is 0.143. The van der Waals surface area contributed by atoms with Gasteiger partial charge in [0.15, 0.2) is 11.6 Å². The van der Waals surface area contributed by atoms with E-state index >= 15 is 0 Å². The van der Waals surface area contributed by atoms with Crippen molar-refractivity contribution in [1.29, 1.82) is 0 Å². The van der Waals surface area contributed by atoms with Crippen LogP contribution < -0.4 is 4.74 Å². The lowest BCUT2D eigenvalue weighted by Gasteiger charge is -2.16. The predicted octanol–water partition coefficient (Wildman–Crippen LogP) is 3.65. The van der Waals surface area contributed by atoms with Crippen LogP contribution in [0, 0.1) is 11.6 Å². The van der Waals surface area contributed by atoms with Gasteiger partial charge in [-0.05, 0) is 12.1 Å². The van der Waals surface area contributed by atoms with Crippen molar-refractivity contribution in [2.24, 2.45) is 0 Å². The molecule has 0 aliphatic heterocycles. The summed E-state index contributed by atoms with van der Waals surface area (Å²) >= 11 is 0. The molecule has 2 nitrogen and oxygen atoms in total. The zero-order valence-corrected chi connectivity index (χ0v) is 10.1. The number of para-hydroxylation sites is 1. The molecule has 0 saturated carbocycles. The second-order valence-electron chi connectivity index (χ2n) is 3.96. The molecule has 0 heterocycles. The van der Waals surface area contributed by atoms with Crippen LogP contribution in [0.3, 0.4) is 0 Å². The van der Waals surface area contributed by atoms with Gasteiger partial charge in [0.2, 0.25) is 0 Å². The van der Waals surface area contributed by atoms with Crippen molar-refractivity contribution in [2.75, 3.05) is 0 Å². The molecule has 0 bridgehead atoms. The van der Waals surface area contributed by atoms with E-state index < -0.39 is 24.3 Å². The molecule has 0 aliphatic rings. The van der Waals surface area contributed by atoms with Gasteiger partial charge in [0.1, 0.15) is 11.9 Å². The van der Waals surface area contributed by atoms with E-state index in [1.165, 1.54) is 36.4 Å². The maximum atomic E-state index is 13.6. The highest BCUT2D eigenvalue weighted by molar-refractivity contribution is 5.40. The molecular formula is C14H10F4O2. The first-order chi connectivity index (χ1) is 9.50. The Bertz CT molecular complexity index is 601. The molecule has 2 aromatic rings. The molecular weight excluding hydrogens is 276 g/mol. The van der Waals surface area contributed by atoms with Crippen molar-refractivity contribution in [3.8, 4) is 5.75 Å². The Balaban J connectivity index is 2.43. The highest BCUT2D eigenvalue weighted by Gasteiger charge is 2.21. The smallest absolute Gasteiger partial charge is 0.387 e. The number of aliphatic hydroxyl groups excluding tert-OH is 1. The number of aliphatic hydroxyl groups is 1. The summed E-state index contributed by atoms with van der Waals surface area (Å²) in [4.78, 5) is 0. The molecule has 0 radical (unpaired) electrons. The molecule has 2 rings (SSSR count). The SMILES string of the molecule is OC(c1ccccc1OC(F)F)c1cccc(F)c1F. The van der Waals surface area contributed by atoms with Crippen molar-refractivity contribution in [2.45, 2.75) is 12.7 Å². The number of halogens is 4. The number of rotatable bonds is 4. The topological polar surface area (TPSA) is 29.5 Å². The van der Waals surface area contributed by atoms with Gasteiger partial charge in [-0.3, -0.25) is 0 Å². The lowest BCUT2D eigenvalue weighted by molar-refractivity contribution is -0.0512. The van der Waals surface area contributed by atoms with Crippen LogP contribution in [-0.2, 0) is 0 Å². The molecule has 0 spiro atoms. The van der Waals surface area contributed by atoms with Crippen molar-refractivity contribution >= 4 is 0 Å². The van der Waals surface area contributed by atoms with Crippen LogP contribution in [0.4, 0.5) is 17.6 Å². The predicted molar refractivity (Wildman–Crippen MR) is 63.5 cm³/mol. The number of hydrogen-bond acceptors (Lipinski definition) is 2. The maximum absolute atomic E-state index is 13.6. The molecule has 2 aromatic carbocycles. The van der Waals surface area contributed by atoms with Crippen LogP contribution in [0.1, 0.15) is 17.2 Å². The minimum Gasteiger partial charge on any atom is -0.434 e. The summed E-state index contributed by atoms with van der Waals surface area (Å²) in [5.74, 6) is -2.65. The lowest BCUT2D eigenvalue weighted by atomic mass is 10.00. The van der Waals surface area contributed by atoms with Crippen LogP contribution in [0.2, 0.25) is 0 Å². The average molecular weight is 286 g/mol. The van der Waals surface area contributed by atoms with E-state index in [0.717, 1.165) is 6.07 Å². The normalized spacial score (nSPS) is 12.5. The number of benzene rings is 2. The van der Waals surface area contributed by atoms with E-state index in [0.29, 0.717) is 0 Å². The van der Waals surface area contributed by atoms with Gasteiger partial charge in [-0.15, -0.1) is 0 Å². The summed E-state index contributed by atoms with van der Waals surface area (Å²) in [7, 11) is 0. The van der Waals surface area contributed by atoms with Gasteiger partial charge in [-0.2, -0.15) is 8.78 Å². The number of ether oxygens (including phenoxy) is 1. The minimum atomic E-state index is -3.08. The Morgan fingerprint density at radius 1 is 0.900 bits per heavy atom. The quantitative estimate of drug-likeness (QED) is 0.869. The van der Waals surface area contributed by atoms with Gasteiger partial charge >= 0.3 is 6.61 Å². The van der Waals surface area contributed by atoms with E-state index in [4.69, 9.17) is 0 Å². The Labute approximate surface area is 112 Å². The molecule has 1 unspecified atom stereocenters. The Hall–Kier alpha value is -2.08. The molecule has 6 heteroatoms. The molecule has 0 aromatic heterocycles. The Morgan fingerprint density at radius 3 is 2.25 bits per heavy atom. The van der Waals surface area contributed by atoms with Crippen LogP contribution in [0.5, 0.6) is 5.75 Å². The number of alkyl halides is 2. The van der Waals surface area contributed by atoms with Gasteiger partial charge in [-0.25, -0.2) is 8.78 Å². The maximum Gasteiger partial charge on any atom is 0.387 e. The summed E-state index contributed by atoms with van der Waals surface area (Å²) in [5, 5.41) is 10.1. The third-order valence-corrected chi connectivity index (χ3v) is 2.71. The molecule has 0 fully saturated rings. The average Bonchev–Trinajstić information content (AvgIpc) is 2.41. The van der Waals surface area contributed by atoms with E-state index in [1.807, 2.05) is 0 Å².